The molecule has 0 spiro atoms. The van der Waals surface area contributed by atoms with Gasteiger partial charge in [0.1, 0.15) is 5.54 Å². The van der Waals surface area contributed by atoms with Crippen LogP contribution in [0.3, 0.4) is 0 Å². The fourth-order valence-electron chi connectivity index (χ4n) is 3.21. The summed E-state index contributed by atoms with van der Waals surface area (Å²) in [4.78, 5) is 28.6. The van der Waals surface area contributed by atoms with Crippen LogP contribution in [0.1, 0.15) is 43.0 Å². The fraction of sp³-hybridized carbons (Fsp3) is 0.444. The van der Waals surface area contributed by atoms with E-state index < -0.39 is 5.54 Å². The summed E-state index contributed by atoms with van der Waals surface area (Å²) in [7, 11) is 0. The van der Waals surface area contributed by atoms with Gasteiger partial charge in [0.15, 0.2) is 5.82 Å². The quantitative estimate of drug-likeness (QED) is 0.831. The summed E-state index contributed by atoms with van der Waals surface area (Å²) in [6.45, 7) is 1.66. The van der Waals surface area contributed by atoms with Gasteiger partial charge < -0.3 is 15.2 Å². The number of rotatable bonds is 6. The minimum Gasteiger partial charge on any atom is -0.347 e. The summed E-state index contributed by atoms with van der Waals surface area (Å²) in [5.74, 6) is 0.571. The Hall–Kier alpha value is -2.70. The van der Waals surface area contributed by atoms with Crippen molar-refractivity contribution >= 4 is 11.8 Å². The minimum atomic E-state index is -0.584. The van der Waals surface area contributed by atoms with Crippen molar-refractivity contribution in [2.24, 2.45) is 0 Å². The van der Waals surface area contributed by atoms with Gasteiger partial charge in [-0.25, -0.2) is 0 Å². The van der Waals surface area contributed by atoms with Crippen molar-refractivity contribution in [3.63, 3.8) is 0 Å². The average molecular weight is 342 g/mol. The third-order valence-electron chi connectivity index (χ3n) is 4.45. The van der Waals surface area contributed by atoms with Crippen LogP contribution in [0.25, 0.3) is 0 Å². The summed E-state index contributed by atoms with van der Waals surface area (Å²) in [6.07, 6.45) is 3.79. The Kier molecular flexibility index (Phi) is 5.11. The minimum absolute atomic E-state index is 0.0652. The van der Waals surface area contributed by atoms with E-state index in [9.17, 15) is 9.59 Å². The van der Waals surface area contributed by atoms with Crippen LogP contribution >= 0.6 is 0 Å². The highest BCUT2D eigenvalue weighted by Crippen LogP contribution is 2.37. The highest BCUT2D eigenvalue weighted by atomic mass is 16.5. The van der Waals surface area contributed by atoms with Crippen LogP contribution in [0, 0.1) is 6.92 Å². The number of nitrogens with one attached hydrogen (secondary N) is 2. The number of aromatic nitrogens is 2. The molecule has 1 heterocycles. The molecule has 1 fully saturated rings. The van der Waals surface area contributed by atoms with Crippen LogP contribution in [0.2, 0.25) is 0 Å². The van der Waals surface area contributed by atoms with E-state index in [-0.39, 0.29) is 24.8 Å². The molecule has 0 unspecified atom stereocenters. The number of benzene rings is 1. The zero-order chi connectivity index (χ0) is 17.7. The molecular formula is C18H22N4O3. The molecule has 25 heavy (non-hydrogen) atoms. The van der Waals surface area contributed by atoms with Crippen LogP contribution in [0.15, 0.2) is 34.9 Å². The van der Waals surface area contributed by atoms with E-state index >= 15 is 0 Å². The first-order valence-corrected chi connectivity index (χ1v) is 8.50. The number of carbonyl (C=O) groups excluding carboxylic acids is 2. The summed E-state index contributed by atoms with van der Waals surface area (Å²) in [6, 6.07) is 9.42. The smallest absolute Gasteiger partial charge is 0.240 e. The summed E-state index contributed by atoms with van der Waals surface area (Å²) < 4.78 is 5.07. The molecule has 1 aliphatic rings. The van der Waals surface area contributed by atoms with Crippen LogP contribution in [0.4, 0.5) is 0 Å². The molecule has 0 bridgehead atoms. The molecule has 7 nitrogen and oxygen atoms in total. The predicted molar refractivity (Wildman–Crippen MR) is 90.5 cm³/mol. The molecule has 3 rings (SSSR count). The van der Waals surface area contributed by atoms with E-state index in [4.69, 9.17) is 4.52 Å². The topological polar surface area (TPSA) is 97.1 Å². The number of carbonyl (C=O) groups is 2. The number of nitrogens with zero attached hydrogens (tertiary/aromatic N) is 2. The van der Waals surface area contributed by atoms with Gasteiger partial charge in [-0.3, -0.25) is 9.59 Å². The Morgan fingerprint density at radius 1 is 1.16 bits per heavy atom. The van der Waals surface area contributed by atoms with Gasteiger partial charge in [0.25, 0.3) is 0 Å². The Balaban J connectivity index is 1.55. The SMILES string of the molecule is Cc1nc(C2(NC(=O)CNC(=O)Cc3ccccc3)CCCC2)no1. The maximum Gasteiger partial charge on any atom is 0.240 e. The molecule has 1 aromatic heterocycles. The van der Waals surface area contributed by atoms with Gasteiger partial charge in [0.05, 0.1) is 13.0 Å². The molecule has 1 aromatic carbocycles. The van der Waals surface area contributed by atoms with Crippen LogP contribution < -0.4 is 10.6 Å². The molecule has 1 saturated carbocycles. The molecule has 2 N–H and O–H groups in total. The predicted octanol–water partition coefficient (Wildman–Crippen LogP) is 1.62. The third-order valence-corrected chi connectivity index (χ3v) is 4.45. The molecule has 2 amide bonds. The lowest BCUT2D eigenvalue weighted by molar-refractivity contribution is -0.127. The second-order valence-electron chi connectivity index (χ2n) is 6.41. The molecule has 7 heteroatoms. The highest BCUT2D eigenvalue weighted by molar-refractivity contribution is 5.86. The average Bonchev–Trinajstić information content (AvgIpc) is 3.24. The first kappa shape index (κ1) is 17.1. The van der Waals surface area contributed by atoms with Gasteiger partial charge in [-0.1, -0.05) is 48.3 Å². The van der Waals surface area contributed by atoms with Gasteiger partial charge in [-0.2, -0.15) is 4.98 Å². The van der Waals surface area contributed by atoms with E-state index in [1.165, 1.54) is 0 Å². The van der Waals surface area contributed by atoms with Gasteiger partial charge in [-0.15, -0.1) is 0 Å². The van der Waals surface area contributed by atoms with Gasteiger partial charge in [-0.05, 0) is 18.4 Å². The Labute approximate surface area is 146 Å². The Morgan fingerprint density at radius 2 is 1.88 bits per heavy atom. The second-order valence-corrected chi connectivity index (χ2v) is 6.41. The first-order valence-electron chi connectivity index (χ1n) is 8.50. The Bertz CT molecular complexity index is 736. The number of hydrogen-bond donors (Lipinski definition) is 2. The van der Waals surface area contributed by atoms with Crippen molar-refractivity contribution in [3.8, 4) is 0 Å². The van der Waals surface area contributed by atoms with E-state index in [1.54, 1.807) is 6.92 Å². The second kappa shape index (κ2) is 7.46. The van der Waals surface area contributed by atoms with Crippen LogP contribution in [-0.4, -0.2) is 28.5 Å². The van der Waals surface area contributed by atoms with Gasteiger partial charge in [0, 0.05) is 6.92 Å². The fourth-order valence-corrected chi connectivity index (χ4v) is 3.21. The highest BCUT2D eigenvalue weighted by Gasteiger charge is 2.41. The largest absolute Gasteiger partial charge is 0.347 e. The molecule has 132 valence electrons. The molecule has 0 atom stereocenters. The third kappa shape index (κ3) is 4.23. The lowest BCUT2D eigenvalue weighted by atomic mass is 9.96. The molecule has 2 aromatic rings. The van der Waals surface area contributed by atoms with Gasteiger partial charge in [0.2, 0.25) is 17.7 Å². The van der Waals surface area contributed by atoms with Gasteiger partial charge >= 0.3 is 0 Å². The molecular weight excluding hydrogens is 320 g/mol. The first-order chi connectivity index (χ1) is 12.1. The molecule has 0 radical (unpaired) electrons. The monoisotopic (exact) mass is 342 g/mol. The van der Waals surface area contributed by atoms with E-state index in [0.29, 0.717) is 11.7 Å². The van der Waals surface area contributed by atoms with E-state index in [0.717, 1.165) is 31.2 Å². The maximum absolute atomic E-state index is 12.3. The summed E-state index contributed by atoms with van der Waals surface area (Å²) >= 11 is 0. The van der Waals surface area contributed by atoms with Crippen molar-refractivity contribution in [2.45, 2.75) is 44.6 Å². The van der Waals surface area contributed by atoms with Crippen LogP contribution in [-0.2, 0) is 21.5 Å². The van der Waals surface area contributed by atoms with E-state index in [2.05, 4.69) is 20.8 Å². The lowest BCUT2D eigenvalue weighted by Gasteiger charge is -2.26. The Morgan fingerprint density at radius 3 is 2.52 bits per heavy atom. The van der Waals surface area contributed by atoms with Crippen LogP contribution in [0.5, 0.6) is 0 Å². The van der Waals surface area contributed by atoms with Crippen molar-refractivity contribution < 1.29 is 14.1 Å². The molecule has 0 saturated heterocycles. The zero-order valence-corrected chi connectivity index (χ0v) is 14.2. The summed E-state index contributed by atoms with van der Waals surface area (Å²) in [5, 5.41) is 9.65. The molecule has 1 aliphatic carbocycles. The zero-order valence-electron chi connectivity index (χ0n) is 14.2. The number of amides is 2. The van der Waals surface area contributed by atoms with Crippen molar-refractivity contribution in [1.29, 1.82) is 0 Å². The number of aryl methyl sites for hydroxylation is 1. The molecule has 0 aliphatic heterocycles. The normalized spacial score (nSPS) is 15.7. The standard InChI is InChI=1S/C18H22N4O3/c1-13-20-17(22-25-13)18(9-5-6-10-18)21-16(24)12-19-15(23)11-14-7-3-2-4-8-14/h2-4,7-8H,5-6,9-12H2,1H3,(H,19,23)(H,21,24). The lowest BCUT2D eigenvalue weighted by Crippen LogP contribution is -2.48. The van der Waals surface area contributed by atoms with Crippen molar-refractivity contribution in [2.75, 3.05) is 6.54 Å². The summed E-state index contributed by atoms with van der Waals surface area (Å²) in [5.41, 5.74) is 0.328. The maximum atomic E-state index is 12.3. The van der Waals surface area contributed by atoms with Crippen molar-refractivity contribution in [1.82, 2.24) is 20.8 Å². The van der Waals surface area contributed by atoms with E-state index in [1.807, 2.05) is 30.3 Å². The van der Waals surface area contributed by atoms with Crippen molar-refractivity contribution in [3.05, 3.63) is 47.6 Å². The number of hydrogen-bond acceptors (Lipinski definition) is 5.